The van der Waals surface area contributed by atoms with Gasteiger partial charge < -0.3 is 5.32 Å². The Morgan fingerprint density at radius 1 is 1.23 bits per heavy atom. The summed E-state index contributed by atoms with van der Waals surface area (Å²) in [5.41, 5.74) is 3.93. The molecule has 0 radical (unpaired) electrons. The summed E-state index contributed by atoms with van der Waals surface area (Å²) in [5, 5.41) is 14.0. The summed E-state index contributed by atoms with van der Waals surface area (Å²) in [6.07, 6.45) is 9.19. The molecule has 7 nitrogen and oxygen atoms in total. The smallest absolute Gasteiger partial charge is 0.221 e. The molecule has 0 bridgehead atoms. The first-order valence-electron chi connectivity index (χ1n) is 8.42. The Labute approximate surface area is 151 Å². The number of benzene rings is 1. The van der Waals surface area contributed by atoms with Crippen LogP contribution in [0.3, 0.4) is 0 Å². The molecular weight excluding hydrogens is 328 g/mol. The van der Waals surface area contributed by atoms with Crippen LogP contribution in [-0.4, -0.2) is 31.1 Å². The minimum atomic E-state index is -0.0875. The number of pyridine rings is 1. The quantitative estimate of drug-likeness (QED) is 0.664. The van der Waals surface area contributed by atoms with Gasteiger partial charge in [0.2, 0.25) is 5.91 Å². The lowest BCUT2D eigenvalue weighted by molar-refractivity contribution is -0.114. The summed E-state index contributed by atoms with van der Waals surface area (Å²) in [5.74, 6) is -0.0875. The SMILES string of the molecule is CC(=O)Nc1cccc(/C(=C\CCCn2cnnn2)c2cccnc2)c1. The van der Waals surface area contributed by atoms with Gasteiger partial charge in [-0.2, -0.15) is 0 Å². The first kappa shape index (κ1) is 17.5. The van der Waals surface area contributed by atoms with Gasteiger partial charge in [-0.3, -0.25) is 9.78 Å². The van der Waals surface area contributed by atoms with E-state index in [1.165, 1.54) is 6.92 Å². The van der Waals surface area contributed by atoms with Crippen LogP contribution in [0.4, 0.5) is 5.69 Å². The van der Waals surface area contributed by atoms with Crippen molar-refractivity contribution in [2.75, 3.05) is 5.32 Å². The molecule has 3 aromatic rings. The van der Waals surface area contributed by atoms with Gasteiger partial charge in [0.1, 0.15) is 6.33 Å². The Morgan fingerprint density at radius 3 is 2.85 bits per heavy atom. The van der Waals surface area contributed by atoms with Crippen molar-refractivity contribution >= 4 is 17.2 Å². The normalized spacial score (nSPS) is 11.3. The molecule has 1 amide bonds. The van der Waals surface area contributed by atoms with Crippen LogP contribution in [-0.2, 0) is 11.3 Å². The number of tetrazole rings is 1. The van der Waals surface area contributed by atoms with Crippen LogP contribution in [0.5, 0.6) is 0 Å². The molecule has 0 atom stereocenters. The molecule has 0 aliphatic heterocycles. The van der Waals surface area contributed by atoms with Crippen LogP contribution in [0.15, 0.2) is 61.2 Å². The second kappa shape index (κ2) is 8.66. The number of carbonyl (C=O) groups excluding carboxylic acids is 1. The molecule has 132 valence electrons. The number of hydrogen-bond donors (Lipinski definition) is 1. The molecule has 0 fully saturated rings. The third-order valence-corrected chi connectivity index (χ3v) is 3.80. The molecule has 2 aromatic heterocycles. The average molecular weight is 348 g/mol. The van der Waals surface area contributed by atoms with Gasteiger partial charge in [0.25, 0.3) is 0 Å². The Bertz CT molecular complexity index is 874. The van der Waals surface area contributed by atoms with Gasteiger partial charge in [0.15, 0.2) is 0 Å². The van der Waals surface area contributed by atoms with E-state index in [9.17, 15) is 4.79 Å². The predicted octanol–water partition coefficient (Wildman–Crippen LogP) is 2.94. The maximum absolute atomic E-state index is 11.3. The van der Waals surface area contributed by atoms with Crippen LogP contribution in [0.25, 0.3) is 5.57 Å². The van der Waals surface area contributed by atoms with E-state index in [1.54, 1.807) is 17.2 Å². The Kier molecular flexibility index (Phi) is 5.82. The van der Waals surface area contributed by atoms with Crippen molar-refractivity contribution in [1.29, 1.82) is 0 Å². The van der Waals surface area contributed by atoms with Crippen molar-refractivity contribution in [3.05, 3.63) is 72.3 Å². The molecule has 3 rings (SSSR count). The third-order valence-electron chi connectivity index (χ3n) is 3.80. The van der Waals surface area contributed by atoms with E-state index in [-0.39, 0.29) is 5.91 Å². The molecular formula is C19H20N6O. The van der Waals surface area contributed by atoms with Crippen molar-refractivity contribution in [3.8, 4) is 0 Å². The third kappa shape index (κ3) is 4.83. The topological polar surface area (TPSA) is 85.6 Å². The van der Waals surface area contributed by atoms with Crippen molar-refractivity contribution in [1.82, 2.24) is 25.2 Å². The monoisotopic (exact) mass is 348 g/mol. The largest absolute Gasteiger partial charge is 0.326 e. The van der Waals surface area contributed by atoms with Crippen LogP contribution < -0.4 is 5.32 Å². The van der Waals surface area contributed by atoms with E-state index in [0.717, 1.165) is 41.8 Å². The Hall–Kier alpha value is -3.35. The van der Waals surface area contributed by atoms with Gasteiger partial charge in [-0.25, -0.2) is 4.68 Å². The molecule has 1 aromatic carbocycles. The lowest BCUT2D eigenvalue weighted by atomic mass is 9.97. The van der Waals surface area contributed by atoms with Crippen molar-refractivity contribution < 1.29 is 4.79 Å². The van der Waals surface area contributed by atoms with E-state index in [2.05, 4.69) is 31.9 Å². The minimum absolute atomic E-state index is 0.0875. The second-order valence-corrected chi connectivity index (χ2v) is 5.84. The second-order valence-electron chi connectivity index (χ2n) is 5.84. The summed E-state index contributed by atoms with van der Waals surface area (Å²) in [6.45, 7) is 2.26. The van der Waals surface area contributed by atoms with Crippen LogP contribution >= 0.6 is 0 Å². The fourth-order valence-electron chi connectivity index (χ4n) is 2.67. The minimum Gasteiger partial charge on any atom is -0.326 e. The van der Waals surface area contributed by atoms with Crippen LogP contribution in [0, 0.1) is 0 Å². The van der Waals surface area contributed by atoms with Crippen LogP contribution in [0.2, 0.25) is 0 Å². The molecule has 26 heavy (non-hydrogen) atoms. The van der Waals surface area contributed by atoms with Gasteiger partial charge in [0, 0.05) is 37.1 Å². The maximum atomic E-state index is 11.3. The maximum Gasteiger partial charge on any atom is 0.221 e. The lowest BCUT2D eigenvalue weighted by Crippen LogP contribution is -2.05. The first-order valence-corrected chi connectivity index (χ1v) is 8.42. The fraction of sp³-hybridized carbons (Fsp3) is 0.211. The molecule has 0 unspecified atom stereocenters. The zero-order valence-corrected chi connectivity index (χ0v) is 14.5. The zero-order chi connectivity index (χ0) is 18.2. The number of carbonyl (C=O) groups is 1. The number of anilines is 1. The Balaban J connectivity index is 1.81. The van der Waals surface area contributed by atoms with Crippen molar-refractivity contribution in [2.24, 2.45) is 0 Å². The number of aromatic nitrogens is 5. The summed E-state index contributed by atoms with van der Waals surface area (Å²) < 4.78 is 1.72. The highest BCUT2D eigenvalue weighted by atomic mass is 16.1. The highest BCUT2D eigenvalue weighted by Gasteiger charge is 2.07. The van der Waals surface area contributed by atoms with Gasteiger partial charge in [-0.1, -0.05) is 24.3 Å². The highest BCUT2D eigenvalue weighted by Crippen LogP contribution is 2.26. The van der Waals surface area contributed by atoms with Gasteiger partial charge in [-0.15, -0.1) is 5.10 Å². The number of hydrogen-bond acceptors (Lipinski definition) is 5. The fourth-order valence-corrected chi connectivity index (χ4v) is 2.67. The van der Waals surface area contributed by atoms with E-state index in [1.807, 2.05) is 42.6 Å². The number of rotatable bonds is 7. The van der Waals surface area contributed by atoms with Gasteiger partial charge in [-0.05, 0) is 52.6 Å². The van der Waals surface area contributed by atoms with E-state index >= 15 is 0 Å². The van der Waals surface area contributed by atoms with Crippen molar-refractivity contribution in [2.45, 2.75) is 26.3 Å². The highest BCUT2D eigenvalue weighted by molar-refractivity contribution is 5.90. The Morgan fingerprint density at radius 2 is 2.12 bits per heavy atom. The van der Waals surface area contributed by atoms with Crippen molar-refractivity contribution in [3.63, 3.8) is 0 Å². The molecule has 0 aliphatic rings. The summed E-state index contributed by atoms with van der Waals surface area (Å²) in [6, 6.07) is 11.8. The summed E-state index contributed by atoms with van der Waals surface area (Å²) in [7, 11) is 0. The molecule has 0 aliphatic carbocycles. The van der Waals surface area contributed by atoms with Gasteiger partial charge >= 0.3 is 0 Å². The molecule has 2 heterocycles. The number of nitrogens with zero attached hydrogens (tertiary/aromatic N) is 5. The summed E-state index contributed by atoms with van der Waals surface area (Å²) in [4.78, 5) is 15.6. The number of amides is 1. The average Bonchev–Trinajstić information content (AvgIpc) is 3.15. The van der Waals surface area contributed by atoms with Crippen LogP contribution in [0.1, 0.15) is 30.9 Å². The molecule has 7 heteroatoms. The number of aryl methyl sites for hydroxylation is 1. The van der Waals surface area contributed by atoms with Gasteiger partial charge in [0.05, 0.1) is 0 Å². The zero-order valence-electron chi connectivity index (χ0n) is 14.5. The first-order chi connectivity index (χ1) is 12.7. The van der Waals surface area contributed by atoms with E-state index < -0.39 is 0 Å². The predicted molar refractivity (Wildman–Crippen MR) is 99.1 cm³/mol. The van der Waals surface area contributed by atoms with E-state index in [0.29, 0.717) is 0 Å². The number of unbranched alkanes of at least 4 members (excludes halogenated alkanes) is 1. The molecule has 0 saturated heterocycles. The number of nitrogens with one attached hydrogen (secondary N) is 1. The standard InChI is InChI=1S/C19H20N6O/c1-15(26)22-18-8-4-6-16(12-18)19(17-7-5-10-20-13-17)9-2-3-11-25-14-21-23-24-25/h4-10,12-14H,2-3,11H2,1H3,(H,22,26)/b19-9+. The van der Waals surface area contributed by atoms with E-state index in [4.69, 9.17) is 0 Å². The summed E-state index contributed by atoms with van der Waals surface area (Å²) >= 11 is 0. The molecule has 0 saturated carbocycles. The molecule has 1 N–H and O–H groups in total. The lowest BCUT2D eigenvalue weighted by Gasteiger charge is -2.11. The number of allylic oxidation sites excluding steroid dienone is 1. The molecule has 0 spiro atoms.